The minimum Gasteiger partial charge on any atom is -0.367 e. The fraction of sp³-hybridized carbons (Fsp3) is 0.278. The Hall–Kier alpha value is -2.64. The summed E-state index contributed by atoms with van der Waals surface area (Å²) in [7, 11) is 0. The summed E-state index contributed by atoms with van der Waals surface area (Å²) in [5.74, 6) is 0.648. The van der Waals surface area contributed by atoms with Gasteiger partial charge in [-0.3, -0.25) is 9.20 Å². The molecule has 4 rings (SSSR count). The quantitative estimate of drug-likeness (QED) is 0.639. The standard InChI is InChI=1S/C18H19ClN6O/c19-13-3-1-12(2-4-13)14-10-25-15(16(20)26)9-23-17(18(25)24-14)22-8-11-5-6-21-7-11/h1-4,9-11,21H,5-8H2,(H2,20,26)(H,22,23). The summed E-state index contributed by atoms with van der Waals surface area (Å²) in [4.78, 5) is 20.8. The summed E-state index contributed by atoms with van der Waals surface area (Å²) >= 11 is 5.96. The lowest BCUT2D eigenvalue weighted by Crippen LogP contribution is -2.20. The number of fused-ring (bicyclic) bond motifs is 1. The van der Waals surface area contributed by atoms with Gasteiger partial charge in [0.2, 0.25) is 0 Å². The lowest BCUT2D eigenvalue weighted by atomic mass is 10.1. The number of halogens is 1. The molecule has 0 bridgehead atoms. The predicted octanol–water partition coefficient (Wildman–Crippen LogP) is 2.17. The van der Waals surface area contributed by atoms with E-state index in [2.05, 4.69) is 20.6 Å². The maximum absolute atomic E-state index is 11.8. The van der Waals surface area contributed by atoms with E-state index in [0.717, 1.165) is 37.3 Å². The van der Waals surface area contributed by atoms with Gasteiger partial charge in [-0.15, -0.1) is 0 Å². The fourth-order valence-electron chi connectivity index (χ4n) is 3.17. The summed E-state index contributed by atoms with van der Waals surface area (Å²) in [6, 6.07) is 7.39. The monoisotopic (exact) mass is 370 g/mol. The molecule has 1 unspecified atom stereocenters. The average Bonchev–Trinajstić information content (AvgIpc) is 3.29. The second-order valence-corrected chi connectivity index (χ2v) is 6.86. The molecule has 7 nitrogen and oxygen atoms in total. The van der Waals surface area contributed by atoms with Gasteiger partial charge in [-0.1, -0.05) is 23.7 Å². The molecule has 1 fully saturated rings. The zero-order valence-corrected chi connectivity index (χ0v) is 14.8. The SMILES string of the molecule is NC(=O)c1cnc(NCC2CCNC2)c2nc(-c3ccc(Cl)cc3)cn12. The van der Waals surface area contributed by atoms with Crippen molar-refractivity contribution >= 4 is 29.0 Å². The largest absolute Gasteiger partial charge is 0.367 e. The fourth-order valence-corrected chi connectivity index (χ4v) is 3.30. The molecule has 4 N–H and O–H groups in total. The second kappa shape index (κ2) is 6.93. The Morgan fingerprint density at radius 1 is 1.38 bits per heavy atom. The Bertz CT molecular complexity index is 946. The number of amides is 1. The minimum absolute atomic E-state index is 0.292. The van der Waals surface area contributed by atoms with Gasteiger partial charge >= 0.3 is 0 Å². The number of aromatic nitrogens is 3. The van der Waals surface area contributed by atoms with Gasteiger partial charge in [0.25, 0.3) is 5.91 Å². The van der Waals surface area contributed by atoms with Crippen LogP contribution < -0.4 is 16.4 Å². The molecule has 1 aliphatic heterocycles. The van der Waals surface area contributed by atoms with Gasteiger partial charge in [0.1, 0.15) is 5.69 Å². The molecule has 0 spiro atoms. The summed E-state index contributed by atoms with van der Waals surface area (Å²) in [5, 5.41) is 7.37. The number of hydrogen-bond acceptors (Lipinski definition) is 5. The van der Waals surface area contributed by atoms with Crippen LogP contribution in [-0.4, -0.2) is 39.9 Å². The predicted molar refractivity (Wildman–Crippen MR) is 101 cm³/mol. The number of imidazole rings is 1. The van der Waals surface area contributed by atoms with E-state index in [1.165, 1.54) is 6.20 Å². The first-order valence-electron chi connectivity index (χ1n) is 8.50. The van der Waals surface area contributed by atoms with Crippen LogP contribution in [0.25, 0.3) is 16.9 Å². The molecule has 0 radical (unpaired) electrons. The Labute approximate surface area is 155 Å². The number of benzene rings is 1. The number of nitrogens with one attached hydrogen (secondary N) is 2. The number of primary amides is 1. The van der Waals surface area contributed by atoms with Crippen LogP contribution in [0.15, 0.2) is 36.7 Å². The normalized spacial score (nSPS) is 16.9. The number of carbonyl (C=O) groups excluding carboxylic acids is 1. The first kappa shape index (κ1) is 16.8. The third kappa shape index (κ3) is 3.23. The molecule has 1 aromatic carbocycles. The highest BCUT2D eigenvalue weighted by atomic mass is 35.5. The van der Waals surface area contributed by atoms with Crippen molar-refractivity contribution in [2.75, 3.05) is 25.0 Å². The van der Waals surface area contributed by atoms with Crippen molar-refractivity contribution in [2.24, 2.45) is 11.7 Å². The lowest BCUT2D eigenvalue weighted by Gasteiger charge is -2.12. The Morgan fingerprint density at radius 2 is 2.19 bits per heavy atom. The molecular weight excluding hydrogens is 352 g/mol. The smallest absolute Gasteiger partial charge is 0.267 e. The second-order valence-electron chi connectivity index (χ2n) is 6.42. The molecule has 1 atom stereocenters. The lowest BCUT2D eigenvalue weighted by molar-refractivity contribution is 0.0994. The molecule has 3 aromatic rings. The highest BCUT2D eigenvalue weighted by molar-refractivity contribution is 6.30. The van der Waals surface area contributed by atoms with Gasteiger partial charge in [0.15, 0.2) is 11.5 Å². The van der Waals surface area contributed by atoms with Crippen LogP contribution in [0.2, 0.25) is 5.02 Å². The van der Waals surface area contributed by atoms with Crippen LogP contribution in [0.3, 0.4) is 0 Å². The van der Waals surface area contributed by atoms with Crippen LogP contribution in [0.4, 0.5) is 5.82 Å². The van der Waals surface area contributed by atoms with Crippen molar-refractivity contribution < 1.29 is 4.79 Å². The zero-order chi connectivity index (χ0) is 18.1. The summed E-state index contributed by atoms with van der Waals surface area (Å²) in [6.45, 7) is 2.84. The summed E-state index contributed by atoms with van der Waals surface area (Å²) in [5.41, 5.74) is 8.00. The van der Waals surface area contributed by atoms with Crippen molar-refractivity contribution in [2.45, 2.75) is 6.42 Å². The molecule has 26 heavy (non-hydrogen) atoms. The number of rotatable bonds is 5. The first-order valence-corrected chi connectivity index (χ1v) is 8.88. The third-order valence-corrected chi connectivity index (χ3v) is 4.86. The summed E-state index contributed by atoms with van der Waals surface area (Å²) < 4.78 is 1.69. The number of nitrogens with zero attached hydrogens (tertiary/aromatic N) is 3. The van der Waals surface area contributed by atoms with Crippen molar-refractivity contribution in [3.63, 3.8) is 0 Å². The van der Waals surface area contributed by atoms with E-state index < -0.39 is 5.91 Å². The third-order valence-electron chi connectivity index (χ3n) is 4.61. The molecule has 3 heterocycles. The van der Waals surface area contributed by atoms with E-state index in [4.69, 9.17) is 17.3 Å². The minimum atomic E-state index is -0.547. The highest BCUT2D eigenvalue weighted by Gasteiger charge is 2.18. The molecule has 134 valence electrons. The van der Waals surface area contributed by atoms with Crippen LogP contribution >= 0.6 is 11.6 Å². The molecule has 0 aliphatic carbocycles. The van der Waals surface area contributed by atoms with Crippen molar-refractivity contribution in [3.05, 3.63) is 47.4 Å². The average molecular weight is 371 g/mol. The van der Waals surface area contributed by atoms with Gasteiger partial charge in [0.05, 0.1) is 11.9 Å². The maximum atomic E-state index is 11.8. The van der Waals surface area contributed by atoms with Gasteiger partial charge in [0, 0.05) is 23.3 Å². The molecule has 8 heteroatoms. The molecule has 1 aliphatic rings. The van der Waals surface area contributed by atoms with Crippen molar-refractivity contribution in [3.8, 4) is 11.3 Å². The number of anilines is 1. The first-order chi connectivity index (χ1) is 12.6. The van der Waals surface area contributed by atoms with Gasteiger partial charge < -0.3 is 16.4 Å². The van der Waals surface area contributed by atoms with Crippen LogP contribution in [0.1, 0.15) is 16.9 Å². The Kier molecular flexibility index (Phi) is 4.48. The van der Waals surface area contributed by atoms with E-state index in [1.807, 2.05) is 12.1 Å². The molecule has 2 aromatic heterocycles. The Morgan fingerprint density at radius 3 is 2.88 bits per heavy atom. The maximum Gasteiger partial charge on any atom is 0.267 e. The number of nitrogens with two attached hydrogens (primary N) is 1. The van der Waals surface area contributed by atoms with Crippen LogP contribution in [-0.2, 0) is 0 Å². The van der Waals surface area contributed by atoms with E-state index >= 15 is 0 Å². The van der Waals surface area contributed by atoms with E-state index in [1.54, 1.807) is 22.7 Å². The van der Waals surface area contributed by atoms with E-state index in [-0.39, 0.29) is 0 Å². The topological polar surface area (TPSA) is 97.3 Å². The number of hydrogen-bond donors (Lipinski definition) is 3. The molecule has 1 saturated heterocycles. The molecule has 1 amide bonds. The highest BCUT2D eigenvalue weighted by Crippen LogP contribution is 2.25. The zero-order valence-electron chi connectivity index (χ0n) is 14.1. The number of carbonyl (C=O) groups is 1. The van der Waals surface area contributed by atoms with Gasteiger partial charge in [-0.25, -0.2) is 9.97 Å². The molecular formula is C18H19ClN6O. The van der Waals surface area contributed by atoms with Crippen LogP contribution in [0, 0.1) is 5.92 Å². The van der Waals surface area contributed by atoms with Gasteiger partial charge in [-0.2, -0.15) is 0 Å². The summed E-state index contributed by atoms with van der Waals surface area (Å²) in [6.07, 6.45) is 4.41. The van der Waals surface area contributed by atoms with E-state index in [9.17, 15) is 4.79 Å². The Balaban J connectivity index is 1.73. The van der Waals surface area contributed by atoms with Crippen molar-refractivity contribution in [1.82, 2.24) is 19.7 Å². The van der Waals surface area contributed by atoms with E-state index in [0.29, 0.717) is 28.1 Å². The molecule has 0 saturated carbocycles. The van der Waals surface area contributed by atoms with Gasteiger partial charge in [-0.05, 0) is 37.6 Å². The van der Waals surface area contributed by atoms with Crippen molar-refractivity contribution in [1.29, 1.82) is 0 Å². The van der Waals surface area contributed by atoms with Crippen LogP contribution in [0.5, 0.6) is 0 Å².